The van der Waals surface area contributed by atoms with Crippen molar-refractivity contribution in [3.63, 3.8) is 0 Å². The topological polar surface area (TPSA) is 28.4 Å². The maximum atomic E-state index is 5.35. The van der Waals surface area contributed by atoms with Gasteiger partial charge in [-0.3, -0.25) is 4.90 Å². The number of nitrogens with one attached hydrogen (secondary N) is 1. The summed E-state index contributed by atoms with van der Waals surface area (Å²) < 4.78 is 5.35. The van der Waals surface area contributed by atoms with E-state index in [2.05, 4.69) is 51.0 Å². The summed E-state index contributed by atoms with van der Waals surface area (Å²) in [6.07, 6.45) is 1.77. The van der Waals surface area contributed by atoms with Gasteiger partial charge < -0.3 is 9.73 Å². The predicted molar refractivity (Wildman–Crippen MR) is 76.7 cm³/mol. The lowest BCUT2D eigenvalue weighted by Crippen LogP contribution is -2.40. The Balaban J connectivity index is 2.45. The molecule has 18 heavy (non-hydrogen) atoms. The average Bonchev–Trinajstić information content (AvgIpc) is 2.70. The van der Waals surface area contributed by atoms with E-state index in [0.29, 0.717) is 18.0 Å². The lowest BCUT2D eigenvalue weighted by atomic mass is 10.0. The largest absolute Gasteiger partial charge is 0.469 e. The number of aryl methyl sites for hydroxylation is 1. The van der Waals surface area contributed by atoms with Crippen molar-refractivity contribution in [1.29, 1.82) is 0 Å². The number of hydrogen-bond donors (Lipinski definition) is 1. The minimum Gasteiger partial charge on any atom is -0.469 e. The Labute approximate surface area is 112 Å². The average molecular weight is 252 g/mol. The molecule has 1 N–H and O–H groups in total. The second kappa shape index (κ2) is 6.95. The molecule has 0 aromatic carbocycles. The van der Waals surface area contributed by atoms with Crippen molar-refractivity contribution >= 4 is 0 Å². The van der Waals surface area contributed by atoms with Gasteiger partial charge in [0.05, 0.1) is 6.26 Å². The molecule has 104 valence electrons. The first-order valence-electron chi connectivity index (χ1n) is 6.88. The Bertz CT molecular complexity index is 346. The minimum absolute atomic E-state index is 0.547. The van der Waals surface area contributed by atoms with E-state index in [1.807, 2.05) is 6.92 Å². The first-order valence-corrected chi connectivity index (χ1v) is 6.88. The quantitative estimate of drug-likeness (QED) is 0.808. The summed E-state index contributed by atoms with van der Waals surface area (Å²) >= 11 is 0. The maximum absolute atomic E-state index is 5.35. The lowest BCUT2D eigenvalue weighted by molar-refractivity contribution is 0.186. The molecule has 0 amide bonds. The van der Waals surface area contributed by atoms with E-state index < -0.39 is 0 Å². The molecule has 1 aromatic rings. The van der Waals surface area contributed by atoms with Crippen LogP contribution in [-0.4, -0.2) is 30.6 Å². The monoisotopic (exact) mass is 252 g/mol. The molecule has 0 spiro atoms. The van der Waals surface area contributed by atoms with Crippen LogP contribution in [0.1, 0.15) is 39.0 Å². The third-order valence-electron chi connectivity index (χ3n) is 3.75. The summed E-state index contributed by atoms with van der Waals surface area (Å²) in [4.78, 5) is 2.39. The highest BCUT2D eigenvalue weighted by atomic mass is 16.3. The van der Waals surface area contributed by atoms with Gasteiger partial charge in [-0.25, -0.2) is 0 Å². The Morgan fingerprint density at radius 3 is 2.44 bits per heavy atom. The Morgan fingerprint density at radius 1 is 1.28 bits per heavy atom. The van der Waals surface area contributed by atoms with Gasteiger partial charge in [0.2, 0.25) is 0 Å². The van der Waals surface area contributed by atoms with Crippen LogP contribution in [0.15, 0.2) is 16.7 Å². The van der Waals surface area contributed by atoms with Crippen LogP contribution in [0.2, 0.25) is 0 Å². The van der Waals surface area contributed by atoms with Crippen molar-refractivity contribution in [2.45, 2.75) is 53.2 Å². The van der Waals surface area contributed by atoms with Crippen LogP contribution in [-0.2, 0) is 6.54 Å². The zero-order valence-corrected chi connectivity index (χ0v) is 12.7. The van der Waals surface area contributed by atoms with Crippen molar-refractivity contribution in [3.8, 4) is 0 Å². The van der Waals surface area contributed by atoms with Gasteiger partial charge in [-0.2, -0.15) is 0 Å². The molecular formula is C15H28N2O. The number of nitrogens with zero attached hydrogens (tertiary/aromatic N) is 1. The van der Waals surface area contributed by atoms with Gasteiger partial charge in [0.25, 0.3) is 0 Å². The SMILES string of the molecule is Cc1occc1CN(C)C(C)C(C)CNC(C)C. The summed E-state index contributed by atoms with van der Waals surface area (Å²) in [7, 11) is 2.18. The van der Waals surface area contributed by atoms with Crippen LogP contribution in [0.3, 0.4) is 0 Å². The van der Waals surface area contributed by atoms with Gasteiger partial charge in [0.1, 0.15) is 5.76 Å². The number of furan rings is 1. The summed E-state index contributed by atoms with van der Waals surface area (Å²) in [5.74, 6) is 1.66. The first kappa shape index (κ1) is 15.3. The van der Waals surface area contributed by atoms with Gasteiger partial charge >= 0.3 is 0 Å². The highest BCUT2D eigenvalue weighted by Crippen LogP contribution is 2.15. The molecule has 1 aromatic heterocycles. The predicted octanol–water partition coefficient (Wildman–Crippen LogP) is 3.04. The fraction of sp³-hybridized carbons (Fsp3) is 0.733. The van der Waals surface area contributed by atoms with Crippen molar-refractivity contribution in [1.82, 2.24) is 10.2 Å². The van der Waals surface area contributed by atoms with E-state index >= 15 is 0 Å². The van der Waals surface area contributed by atoms with Crippen LogP contribution >= 0.6 is 0 Å². The molecule has 3 nitrogen and oxygen atoms in total. The van der Waals surface area contributed by atoms with Crippen LogP contribution in [0.5, 0.6) is 0 Å². The minimum atomic E-state index is 0.547. The van der Waals surface area contributed by atoms with Gasteiger partial charge in [-0.05, 0) is 39.4 Å². The molecule has 0 saturated heterocycles. The highest BCUT2D eigenvalue weighted by molar-refractivity contribution is 5.15. The van der Waals surface area contributed by atoms with Crippen LogP contribution in [0, 0.1) is 12.8 Å². The normalized spacial score (nSPS) is 15.3. The molecule has 0 radical (unpaired) electrons. The van der Waals surface area contributed by atoms with Crippen molar-refractivity contribution in [2.75, 3.05) is 13.6 Å². The van der Waals surface area contributed by atoms with E-state index in [4.69, 9.17) is 4.42 Å². The number of rotatable bonds is 7. The van der Waals surface area contributed by atoms with Crippen molar-refractivity contribution in [3.05, 3.63) is 23.7 Å². The standard InChI is InChI=1S/C15H28N2O/c1-11(2)16-9-12(3)13(4)17(6)10-15-7-8-18-14(15)5/h7-8,11-13,16H,9-10H2,1-6H3. The molecule has 0 aliphatic carbocycles. The Hall–Kier alpha value is -0.800. The second-order valence-electron chi connectivity index (χ2n) is 5.70. The fourth-order valence-electron chi connectivity index (χ4n) is 2.01. The van der Waals surface area contributed by atoms with E-state index in [1.165, 1.54) is 5.56 Å². The molecule has 0 fully saturated rings. The molecule has 0 aliphatic heterocycles. The Morgan fingerprint density at radius 2 is 1.94 bits per heavy atom. The van der Waals surface area contributed by atoms with Crippen LogP contribution < -0.4 is 5.32 Å². The van der Waals surface area contributed by atoms with Crippen LogP contribution in [0.4, 0.5) is 0 Å². The van der Waals surface area contributed by atoms with Gasteiger partial charge in [0, 0.05) is 24.2 Å². The van der Waals surface area contributed by atoms with E-state index in [9.17, 15) is 0 Å². The third-order valence-corrected chi connectivity index (χ3v) is 3.75. The lowest BCUT2D eigenvalue weighted by Gasteiger charge is -2.30. The number of hydrogen-bond acceptors (Lipinski definition) is 3. The van der Waals surface area contributed by atoms with Crippen molar-refractivity contribution in [2.24, 2.45) is 5.92 Å². The van der Waals surface area contributed by atoms with Crippen LogP contribution in [0.25, 0.3) is 0 Å². The molecule has 3 heteroatoms. The summed E-state index contributed by atoms with van der Waals surface area (Å²) in [6, 6.07) is 3.17. The van der Waals surface area contributed by atoms with E-state index in [1.54, 1.807) is 6.26 Å². The smallest absolute Gasteiger partial charge is 0.105 e. The van der Waals surface area contributed by atoms with E-state index in [-0.39, 0.29) is 0 Å². The third kappa shape index (κ3) is 4.46. The van der Waals surface area contributed by atoms with Gasteiger partial charge in [0.15, 0.2) is 0 Å². The van der Waals surface area contributed by atoms with Gasteiger partial charge in [-0.15, -0.1) is 0 Å². The first-order chi connectivity index (χ1) is 8.41. The second-order valence-corrected chi connectivity index (χ2v) is 5.70. The molecule has 1 heterocycles. The van der Waals surface area contributed by atoms with Crippen molar-refractivity contribution < 1.29 is 4.42 Å². The zero-order valence-electron chi connectivity index (χ0n) is 12.7. The van der Waals surface area contributed by atoms with E-state index in [0.717, 1.165) is 18.8 Å². The zero-order chi connectivity index (χ0) is 13.7. The Kier molecular flexibility index (Phi) is 5.89. The molecular weight excluding hydrogens is 224 g/mol. The molecule has 2 unspecified atom stereocenters. The molecule has 2 atom stereocenters. The summed E-state index contributed by atoms with van der Waals surface area (Å²) in [5.41, 5.74) is 1.29. The highest BCUT2D eigenvalue weighted by Gasteiger charge is 2.18. The fourth-order valence-corrected chi connectivity index (χ4v) is 2.01. The maximum Gasteiger partial charge on any atom is 0.105 e. The molecule has 0 saturated carbocycles. The molecule has 1 rings (SSSR count). The molecule has 0 bridgehead atoms. The van der Waals surface area contributed by atoms with Gasteiger partial charge in [-0.1, -0.05) is 20.8 Å². The summed E-state index contributed by atoms with van der Waals surface area (Å²) in [5, 5.41) is 3.51. The summed E-state index contributed by atoms with van der Waals surface area (Å²) in [6.45, 7) is 13.0. The molecule has 0 aliphatic rings.